The number of hydrogen-bond acceptors (Lipinski definition) is 6. The fourth-order valence-electron chi connectivity index (χ4n) is 4.09. The van der Waals surface area contributed by atoms with E-state index in [1.54, 1.807) is 63.1 Å². The Morgan fingerprint density at radius 1 is 1.17 bits per heavy atom. The molecule has 1 unspecified atom stereocenters. The average Bonchev–Trinajstić information content (AvgIpc) is 2.84. The molecule has 1 atom stereocenters. The number of nitro benzene ring substituents is 1. The third-order valence-electron chi connectivity index (χ3n) is 5.76. The van der Waals surface area contributed by atoms with Crippen molar-refractivity contribution in [2.45, 2.75) is 39.3 Å². The third kappa shape index (κ3) is 6.07. The van der Waals surface area contributed by atoms with Gasteiger partial charge < -0.3 is 19.9 Å². The zero-order chi connectivity index (χ0) is 26.4. The molecule has 1 aliphatic heterocycles. The van der Waals surface area contributed by atoms with Crippen LogP contribution in [0, 0.1) is 10.1 Å². The first-order chi connectivity index (χ1) is 17.1. The van der Waals surface area contributed by atoms with E-state index in [4.69, 9.17) is 4.74 Å². The standard InChI is InChI=1S/C26H30N4O6/c1-17(2)36-25(32)22-18(3)27-26(33)29(23(22)20-12-8-13-21(16-20)30(34)35)15-9-14-28(4)24(31)19-10-6-5-7-11-19/h5-8,10-13,16-17,23H,9,14-15H2,1-4H3,(H,27,33). The summed E-state index contributed by atoms with van der Waals surface area (Å²) in [5.74, 6) is -0.758. The Morgan fingerprint density at radius 3 is 2.50 bits per heavy atom. The van der Waals surface area contributed by atoms with E-state index in [1.165, 1.54) is 23.1 Å². The lowest BCUT2D eigenvalue weighted by molar-refractivity contribution is -0.384. The number of carbonyl (C=O) groups excluding carboxylic acids is 3. The summed E-state index contributed by atoms with van der Waals surface area (Å²) in [5.41, 5.74) is 1.36. The van der Waals surface area contributed by atoms with Crippen molar-refractivity contribution in [3.05, 3.63) is 87.1 Å². The molecule has 0 aromatic heterocycles. The van der Waals surface area contributed by atoms with E-state index < -0.39 is 29.1 Å². The molecule has 2 aromatic rings. The molecular formula is C26H30N4O6. The van der Waals surface area contributed by atoms with Crippen LogP contribution in [0.1, 0.15) is 49.2 Å². The highest BCUT2D eigenvalue weighted by molar-refractivity contribution is 5.95. The van der Waals surface area contributed by atoms with Gasteiger partial charge >= 0.3 is 12.0 Å². The normalized spacial score (nSPS) is 15.5. The molecule has 0 fully saturated rings. The minimum atomic E-state index is -0.889. The first-order valence-electron chi connectivity index (χ1n) is 11.6. The van der Waals surface area contributed by atoms with Crippen molar-refractivity contribution in [3.8, 4) is 0 Å². The van der Waals surface area contributed by atoms with Crippen LogP contribution in [-0.4, -0.2) is 58.9 Å². The molecule has 1 heterocycles. The number of non-ortho nitro benzene ring substituents is 1. The maximum absolute atomic E-state index is 13.1. The molecule has 0 saturated carbocycles. The highest BCUT2D eigenvalue weighted by atomic mass is 16.6. The topological polar surface area (TPSA) is 122 Å². The van der Waals surface area contributed by atoms with Crippen molar-refractivity contribution in [3.63, 3.8) is 0 Å². The number of nitro groups is 1. The molecule has 0 radical (unpaired) electrons. The number of esters is 1. The summed E-state index contributed by atoms with van der Waals surface area (Å²) < 4.78 is 5.43. The van der Waals surface area contributed by atoms with Gasteiger partial charge in [0.2, 0.25) is 0 Å². The summed E-state index contributed by atoms with van der Waals surface area (Å²) in [7, 11) is 1.68. The Kier molecular flexibility index (Phi) is 8.42. The maximum atomic E-state index is 13.1. The SMILES string of the molecule is CC1=C(C(=O)OC(C)C)C(c2cccc([N+](=O)[O-])c2)N(CCCN(C)C(=O)c2ccccc2)C(=O)N1. The molecule has 190 valence electrons. The molecule has 36 heavy (non-hydrogen) atoms. The molecule has 1 aliphatic rings. The van der Waals surface area contributed by atoms with E-state index in [2.05, 4.69) is 5.32 Å². The Morgan fingerprint density at radius 2 is 1.86 bits per heavy atom. The summed E-state index contributed by atoms with van der Waals surface area (Å²) in [6, 6.07) is 13.4. The lowest BCUT2D eigenvalue weighted by Gasteiger charge is -2.38. The summed E-state index contributed by atoms with van der Waals surface area (Å²) in [4.78, 5) is 52.7. The molecule has 3 rings (SSSR count). The fraction of sp³-hybridized carbons (Fsp3) is 0.346. The number of urea groups is 1. The Hall–Kier alpha value is -4.21. The summed E-state index contributed by atoms with van der Waals surface area (Å²) in [6.07, 6.45) is 0.0201. The number of allylic oxidation sites excluding steroid dienone is 1. The van der Waals surface area contributed by atoms with Gasteiger partial charge in [-0.05, 0) is 44.9 Å². The highest BCUT2D eigenvalue weighted by Gasteiger charge is 2.39. The molecule has 0 spiro atoms. The molecule has 1 N–H and O–H groups in total. The van der Waals surface area contributed by atoms with Crippen LogP contribution in [0.3, 0.4) is 0 Å². The number of benzene rings is 2. The van der Waals surface area contributed by atoms with E-state index in [-0.39, 0.29) is 23.7 Å². The van der Waals surface area contributed by atoms with Gasteiger partial charge in [0.25, 0.3) is 11.6 Å². The minimum Gasteiger partial charge on any atom is -0.459 e. The number of ether oxygens (including phenoxy) is 1. The molecule has 2 aromatic carbocycles. The number of hydrogen-bond donors (Lipinski definition) is 1. The quantitative estimate of drug-likeness (QED) is 0.319. The van der Waals surface area contributed by atoms with Crippen molar-refractivity contribution < 1.29 is 24.0 Å². The van der Waals surface area contributed by atoms with Gasteiger partial charge in [-0.2, -0.15) is 0 Å². The predicted octanol–water partition coefficient (Wildman–Crippen LogP) is 4.05. The number of nitrogens with one attached hydrogen (secondary N) is 1. The lowest BCUT2D eigenvalue weighted by atomic mass is 9.93. The van der Waals surface area contributed by atoms with Gasteiger partial charge in [0.05, 0.1) is 22.6 Å². The van der Waals surface area contributed by atoms with Crippen LogP contribution in [0.15, 0.2) is 65.9 Å². The van der Waals surface area contributed by atoms with E-state index in [0.29, 0.717) is 29.8 Å². The Bertz CT molecular complexity index is 1180. The van der Waals surface area contributed by atoms with Crippen LogP contribution in [0.4, 0.5) is 10.5 Å². The molecule has 0 bridgehead atoms. The van der Waals surface area contributed by atoms with Crippen molar-refractivity contribution in [2.75, 3.05) is 20.1 Å². The summed E-state index contributed by atoms with van der Waals surface area (Å²) >= 11 is 0. The molecular weight excluding hydrogens is 464 g/mol. The predicted molar refractivity (Wildman–Crippen MR) is 133 cm³/mol. The number of nitrogens with zero attached hydrogens (tertiary/aromatic N) is 3. The van der Waals surface area contributed by atoms with Gasteiger partial charge in [-0.25, -0.2) is 9.59 Å². The van der Waals surface area contributed by atoms with Crippen LogP contribution < -0.4 is 5.32 Å². The van der Waals surface area contributed by atoms with Crippen LogP contribution in [0.25, 0.3) is 0 Å². The van der Waals surface area contributed by atoms with Gasteiger partial charge in [-0.3, -0.25) is 14.9 Å². The molecule has 3 amide bonds. The number of carbonyl (C=O) groups is 3. The Balaban J connectivity index is 1.88. The monoisotopic (exact) mass is 494 g/mol. The minimum absolute atomic E-state index is 0.147. The zero-order valence-corrected chi connectivity index (χ0v) is 20.8. The van der Waals surface area contributed by atoms with Crippen LogP contribution in [-0.2, 0) is 9.53 Å². The first-order valence-corrected chi connectivity index (χ1v) is 11.6. The van der Waals surface area contributed by atoms with Gasteiger partial charge in [-0.1, -0.05) is 30.3 Å². The van der Waals surface area contributed by atoms with E-state index in [1.807, 2.05) is 6.07 Å². The van der Waals surface area contributed by atoms with Crippen molar-refractivity contribution >= 4 is 23.6 Å². The van der Waals surface area contributed by atoms with Crippen molar-refractivity contribution in [2.24, 2.45) is 0 Å². The first kappa shape index (κ1) is 26.4. The zero-order valence-electron chi connectivity index (χ0n) is 20.8. The lowest BCUT2D eigenvalue weighted by Crippen LogP contribution is -2.49. The van der Waals surface area contributed by atoms with Crippen LogP contribution >= 0.6 is 0 Å². The average molecular weight is 495 g/mol. The van der Waals surface area contributed by atoms with Crippen LogP contribution in [0.5, 0.6) is 0 Å². The smallest absolute Gasteiger partial charge is 0.338 e. The molecule has 10 heteroatoms. The van der Waals surface area contributed by atoms with E-state index >= 15 is 0 Å². The highest BCUT2D eigenvalue weighted by Crippen LogP contribution is 2.36. The largest absolute Gasteiger partial charge is 0.459 e. The third-order valence-corrected chi connectivity index (χ3v) is 5.76. The Labute approximate surface area is 209 Å². The van der Waals surface area contributed by atoms with E-state index in [9.17, 15) is 24.5 Å². The molecule has 0 aliphatic carbocycles. The molecule has 10 nitrogen and oxygen atoms in total. The number of amides is 3. The van der Waals surface area contributed by atoms with Gasteiger partial charge in [-0.15, -0.1) is 0 Å². The maximum Gasteiger partial charge on any atom is 0.338 e. The van der Waals surface area contributed by atoms with Gasteiger partial charge in [0, 0.05) is 43.5 Å². The van der Waals surface area contributed by atoms with E-state index in [0.717, 1.165) is 0 Å². The van der Waals surface area contributed by atoms with Crippen molar-refractivity contribution in [1.29, 1.82) is 0 Å². The second-order valence-corrected chi connectivity index (χ2v) is 8.82. The fourth-order valence-corrected chi connectivity index (χ4v) is 4.09. The van der Waals surface area contributed by atoms with Crippen LogP contribution in [0.2, 0.25) is 0 Å². The second-order valence-electron chi connectivity index (χ2n) is 8.82. The molecule has 0 saturated heterocycles. The number of rotatable bonds is 9. The van der Waals surface area contributed by atoms with Crippen molar-refractivity contribution in [1.82, 2.24) is 15.1 Å². The second kappa shape index (κ2) is 11.5. The van der Waals surface area contributed by atoms with Gasteiger partial charge in [0.1, 0.15) is 0 Å². The summed E-state index contributed by atoms with van der Waals surface area (Å²) in [6.45, 7) is 5.58. The van der Waals surface area contributed by atoms with Gasteiger partial charge in [0.15, 0.2) is 0 Å². The summed E-state index contributed by atoms with van der Waals surface area (Å²) in [5, 5.41) is 14.1.